The largest absolute Gasteiger partial charge is 0.370 e. The lowest BCUT2D eigenvalue weighted by Crippen LogP contribution is -2.48. The molecule has 3 N–H and O–H groups in total. The third-order valence-corrected chi connectivity index (χ3v) is 6.10. The molecule has 0 spiro atoms. The first kappa shape index (κ1) is 18.2. The molecule has 1 aromatic carbocycles. The predicted octanol–water partition coefficient (Wildman–Crippen LogP) is 2.64. The lowest BCUT2D eigenvalue weighted by molar-refractivity contribution is -0.119. The van der Waals surface area contributed by atoms with Gasteiger partial charge in [-0.2, -0.15) is 0 Å². The van der Waals surface area contributed by atoms with Crippen molar-refractivity contribution in [1.82, 2.24) is 10.2 Å². The van der Waals surface area contributed by atoms with Crippen molar-refractivity contribution in [3.05, 3.63) is 34.3 Å². The zero-order chi connectivity index (χ0) is 17.9. The lowest BCUT2D eigenvalue weighted by atomic mass is 9.94. The van der Waals surface area contributed by atoms with Crippen LogP contribution in [-0.4, -0.2) is 43.4 Å². The number of hydrogen-bond donors (Lipinski definition) is 2. The van der Waals surface area contributed by atoms with Crippen LogP contribution >= 0.6 is 15.9 Å². The summed E-state index contributed by atoms with van der Waals surface area (Å²) in [7, 11) is 1.83. The number of rotatable bonds is 5. The van der Waals surface area contributed by atoms with Crippen LogP contribution in [0.5, 0.6) is 0 Å². The summed E-state index contributed by atoms with van der Waals surface area (Å²) < 4.78 is 1.18. The van der Waals surface area contributed by atoms with E-state index in [0.29, 0.717) is 12.3 Å². The smallest absolute Gasteiger partial charge is 0.217 e. The topological polar surface area (TPSA) is 70.7 Å². The number of hydrogen-bond acceptors (Lipinski definition) is 2. The fourth-order valence-electron chi connectivity index (χ4n) is 3.87. The van der Waals surface area contributed by atoms with E-state index in [1.807, 2.05) is 7.05 Å². The second-order valence-electron chi connectivity index (χ2n) is 7.29. The molecule has 1 unspecified atom stereocenters. The third-order valence-electron chi connectivity index (χ3n) is 5.40. The minimum Gasteiger partial charge on any atom is -0.370 e. The van der Waals surface area contributed by atoms with Gasteiger partial charge in [0, 0.05) is 43.0 Å². The number of piperidine rings is 1. The van der Waals surface area contributed by atoms with E-state index in [1.165, 1.54) is 22.9 Å². The Balaban J connectivity index is 1.61. The SMILES string of the molecule is CN=C(NCC1(c2ccccc2Br)CC1)N1CCCC(CC(N)=O)C1. The van der Waals surface area contributed by atoms with Gasteiger partial charge in [0.25, 0.3) is 0 Å². The number of nitrogens with zero attached hydrogens (tertiary/aromatic N) is 2. The summed E-state index contributed by atoms with van der Waals surface area (Å²) in [6.07, 6.45) is 5.01. The molecule has 1 aliphatic carbocycles. The second kappa shape index (κ2) is 7.77. The Morgan fingerprint density at radius 2 is 2.20 bits per heavy atom. The summed E-state index contributed by atoms with van der Waals surface area (Å²) in [6.45, 7) is 2.72. The minimum atomic E-state index is -0.208. The number of guanidine groups is 1. The van der Waals surface area contributed by atoms with E-state index in [-0.39, 0.29) is 11.3 Å². The molecular formula is C19H27BrN4O. The molecule has 1 saturated heterocycles. The number of carbonyl (C=O) groups is 1. The normalized spacial score (nSPS) is 22.6. The van der Waals surface area contributed by atoms with E-state index in [9.17, 15) is 4.79 Å². The van der Waals surface area contributed by atoms with Crippen LogP contribution in [0.3, 0.4) is 0 Å². The van der Waals surface area contributed by atoms with Crippen molar-refractivity contribution in [2.45, 2.75) is 37.5 Å². The summed E-state index contributed by atoms with van der Waals surface area (Å²) in [5.41, 5.74) is 6.96. The number of primary amides is 1. The standard InChI is InChI=1S/C19H27BrN4O/c1-22-18(24-10-4-5-14(12-24)11-17(21)25)23-13-19(8-9-19)15-6-2-3-7-16(15)20/h2-3,6-7,14H,4-5,8-13H2,1H3,(H2,21,25)(H,22,23). The van der Waals surface area contributed by atoms with E-state index in [4.69, 9.17) is 5.73 Å². The average molecular weight is 407 g/mol. The van der Waals surface area contributed by atoms with Crippen molar-refractivity contribution in [1.29, 1.82) is 0 Å². The summed E-state index contributed by atoms with van der Waals surface area (Å²) in [4.78, 5) is 18.0. The first-order valence-electron chi connectivity index (χ1n) is 9.03. The zero-order valence-corrected chi connectivity index (χ0v) is 16.4. The number of nitrogens with one attached hydrogen (secondary N) is 1. The second-order valence-corrected chi connectivity index (χ2v) is 8.14. The molecule has 1 saturated carbocycles. The average Bonchev–Trinajstić information content (AvgIpc) is 3.36. The molecule has 2 aliphatic rings. The van der Waals surface area contributed by atoms with Gasteiger partial charge in [-0.15, -0.1) is 0 Å². The Hall–Kier alpha value is -1.56. The molecule has 0 radical (unpaired) electrons. The maximum atomic E-state index is 11.2. The van der Waals surface area contributed by atoms with Gasteiger partial charge >= 0.3 is 0 Å². The van der Waals surface area contributed by atoms with Gasteiger partial charge in [-0.05, 0) is 43.2 Å². The molecule has 0 bridgehead atoms. The summed E-state index contributed by atoms with van der Waals surface area (Å²) >= 11 is 3.69. The first-order valence-corrected chi connectivity index (χ1v) is 9.82. The molecule has 1 amide bonds. The Morgan fingerprint density at radius 3 is 2.84 bits per heavy atom. The monoisotopic (exact) mass is 406 g/mol. The van der Waals surface area contributed by atoms with Gasteiger partial charge in [-0.1, -0.05) is 34.1 Å². The first-order chi connectivity index (χ1) is 12.0. The number of amides is 1. The number of aliphatic imine (C=N–C) groups is 1. The Bertz CT molecular complexity index is 657. The molecule has 25 heavy (non-hydrogen) atoms. The van der Waals surface area contributed by atoms with Crippen LogP contribution < -0.4 is 11.1 Å². The van der Waals surface area contributed by atoms with E-state index in [1.54, 1.807) is 0 Å². The van der Waals surface area contributed by atoms with Gasteiger partial charge in [0.15, 0.2) is 5.96 Å². The van der Waals surface area contributed by atoms with Crippen molar-refractivity contribution in [2.75, 3.05) is 26.7 Å². The van der Waals surface area contributed by atoms with E-state index in [0.717, 1.165) is 38.4 Å². The van der Waals surface area contributed by atoms with Crippen LogP contribution in [0.1, 0.15) is 37.7 Å². The van der Waals surface area contributed by atoms with Gasteiger partial charge in [0.1, 0.15) is 0 Å². The number of likely N-dealkylation sites (tertiary alicyclic amines) is 1. The minimum absolute atomic E-state index is 0.207. The highest BCUT2D eigenvalue weighted by Crippen LogP contribution is 2.49. The van der Waals surface area contributed by atoms with Gasteiger partial charge in [0.2, 0.25) is 5.91 Å². The molecule has 2 fully saturated rings. The van der Waals surface area contributed by atoms with Crippen LogP contribution in [0.4, 0.5) is 0 Å². The summed E-state index contributed by atoms with van der Waals surface area (Å²) in [6, 6.07) is 8.49. The highest BCUT2D eigenvalue weighted by molar-refractivity contribution is 9.10. The fraction of sp³-hybridized carbons (Fsp3) is 0.579. The molecule has 3 rings (SSSR count). The van der Waals surface area contributed by atoms with E-state index in [2.05, 4.69) is 55.4 Å². The van der Waals surface area contributed by atoms with Gasteiger partial charge in [-0.25, -0.2) is 0 Å². The maximum Gasteiger partial charge on any atom is 0.217 e. The molecule has 136 valence electrons. The molecule has 1 aliphatic heterocycles. The van der Waals surface area contributed by atoms with Crippen molar-refractivity contribution in [2.24, 2.45) is 16.6 Å². The molecule has 1 aromatic rings. The van der Waals surface area contributed by atoms with Crippen LogP contribution in [-0.2, 0) is 10.2 Å². The third kappa shape index (κ3) is 4.35. The summed E-state index contributed by atoms with van der Waals surface area (Å²) in [5.74, 6) is 1.07. The van der Waals surface area contributed by atoms with Crippen LogP contribution in [0.15, 0.2) is 33.7 Å². The molecule has 1 heterocycles. The number of halogens is 1. The number of benzene rings is 1. The summed E-state index contributed by atoms with van der Waals surface area (Å²) in [5, 5.41) is 3.58. The predicted molar refractivity (Wildman–Crippen MR) is 105 cm³/mol. The molecular weight excluding hydrogens is 380 g/mol. The maximum absolute atomic E-state index is 11.2. The van der Waals surface area contributed by atoms with Crippen molar-refractivity contribution < 1.29 is 4.79 Å². The highest BCUT2D eigenvalue weighted by Gasteiger charge is 2.45. The van der Waals surface area contributed by atoms with Gasteiger partial charge in [-0.3, -0.25) is 9.79 Å². The number of carbonyl (C=O) groups excluding carboxylic acids is 1. The Kier molecular flexibility index (Phi) is 5.67. The van der Waals surface area contributed by atoms with E-state index >= 15 is 0 Å². The van der Waals surface area contributed by atoms with Crippen LogP contribution in [0.25, 0.3) is 0 Å². The Morgan fingerprint density at radius 1 is 1.44 bits per heavy atom. The Labute approximate surface area is 158 Å². The van der Waals surface area contributed by atoms with Crippen molar-refractivity contribution in [3.63, 3.8) is 0 Å². The zero-order valence-electron chi connectivity index (χ0n) is 14.8. The van der Waals surface area contributed by atoms with Gasteiger partial charge in [0.05, 0.1) is 0 Å². The van der Waals surface area contributed by atoms with Crippen LogP contribution in [0.2, 0.25) is 0 Å². The molecule has 6 heteroatoms. The quantitative estimate of drug-likeness (QED) is 0.583. The van der Waals surface area contributed by atoms with Crippen molar-refractivity contribution in [3.8, 4) is 0 Å². The fourth-order valence-corrected chi connectivity index (χ4v) is 4.58. The molecule has 0 aromatic heterocycles. The number of nitrogens with two attached hydrogens (primary N) is 1. The van der Waals surface area contributed by atoms with Crippen LogP contribution in [0, 0.1) is 5.92 Å². The van der Waals surface area contributed by atoms with E-state index < -0.39 is 0 Å². The van der Waals surface area contributed by atoms with Crippen molar-refractivity contribution >= 4 is 27.8 Å². The van der Waals surface area contributed by atoms with Gasteiger partial charge < -0.3 is 16.0 Å². The highest BCUT2D eigenvalue weighted by atomic mass is 79.9. The molecule has 5 nitrogen and oxygen atoms in total. The molecule has 1 atom stereocenters. The lowest BCUT2D eigenvalue weighted by Gasteiger charge is -2.35.